The molecular weight excluding hydrogens is 561 g/mol. The summed E-state index contributed by atoms with van der Waals surface area (Å²) in [6, 6.07) is 0. The number of rotatable bonds is 8. The molecule has 4 atom stereocenters. The predicted octanol–water partition coefficient (Wildman–Crippen LogP) is 3.66. The van der Waals surface area contributed by atoms with E-state index < -0.39 is 56.8 Å². The SMILES string of the molecule is CCOC(=O)c1cn([C@@H]2OC(CO[Si](C)(C)C(C)(C)C)C3(OS(=O)(=O)C=C3N)[C@H]2O[Si](C)(C)C(C)(C)C)nn1. The lowest BCUT2D eigenvalue weighted by molar-refractivity contribution is -0.0595. The van der Waals surface area contributed by atoms with Gasteiger partial charge < -0.3 is 24.1 Å². The summed E-state index contributed by atoms with van der Waals surface area (Å²) >= 11 is 0. The van der Waals surface area contributed by atoms with E-state index in [4.69, 9.17) is 28.2 Å². The standard InChI is InChI=1S/C24H44N4O8SSi2/c1-12-32-21(29)16-13-28(27-26-16)20-19(35-39(10,11)23(5,6)7)24(17(25)15-37(30,31)36-24)18(34-20)14-33-38(8,9)22(2,3)4/h13,15,18-20H,12,14,25H2,1-11H3/t18?,19-,20+,24?/m0/s1. The van der Waals surface area contributed by atoms with Gasteiger partial charge in [-0.15, -0.1) is 5.10 Å². The summed E-state index contributed by atoms with van der Waals surface area (Å²) in [6.07, 6.45) is -1.64. The van der Waals surface area contributed by atoms with Gasteiger partial charge in [0, 0.05) is 0 Å². The van der Waals surface area contributed by atoms with Crippen LogP contribution in [0.25, 0.3) is 0 Å². The normalized spacial score (nSPS) is 27.7. The highest BCUT2D eigenvalue weighted by Gasteiger charge is 2.67. The average Bonchev–Trinajstić information content (AvgIpc) is 3.41. The Morgan fingerprint density at radius 1 is 1.13 bits per heavy atom. The number of hydrogen-bond donors (Lipinski definition) is 1. The maximum Gasteiger partial charge on any atom is 0.360 e. The lowest BCUT2D eigenvalue weighted by Gasteiger charge is -2.43. The van der Waals surface area contributed by atoms with Gasteiger partial charge in [0.2, 0.25) is 0 Å². The van der Waals surface area contributed by atoms with Crippen molar-refractivity contribution in [1.29, 1.82) is 0 Å². The molecule has 2 unspecified atom stereocenters. The fraction of sp³-hybridized carbons (Fsp3) is 0.792. The number of nitrogens with two attached hydrogens (primary N) is 1. The van der Waals surface area contributed by atoms with E-state index in [1.54, 1.807) is 6.92 Å². The van der Waals surface area contributed by atoms with Crippen molar-refractivity contribution in [2.24, 2.45) is 5.73 Å². The van der Waals surface area contributed by atoms with Crippen LogP contribution in [0.2, 0.25) is 36.3 Å². The lowest BCUT2D eigenvalue weighted by Crippen LogP contribution is -2.59. The number of hydrogen-bond acceptors (Lipinski definition) is 11. The van der Waals surface area contributed by atoms with Crippen LogP contribution in [0.1, 0.15) is 65.2 Å². The largest absolute Gasteiger partial charge is 0.461 e. The molecular formula is C24H44N4O8SSi2. The Hall–Kier alpha value is -1.63. The van der Waals surface area contributed by atoms with Gasteiger partial charge >= 0.3 is 5.97 Å². The van der Waals surface area contributed by atoms with Crippen LogP contribution in [0.15, 0.2) is 17.3 Å². The summed E-state index contributed by atoms with van der Waals surface area (Å²) in [6.45, 7) is 22.6. The minimum Gasteiger partial charge on any atom is -0.461 e. The predicted molar refractivity (Wildman–Crippen MR) is 150 cm³/mol. The zero-order chi connectivity index (χ0) is 29.8. The third-order valence-electron chi connectivity index (χ3n) is 8.33. The summed E-state index contributed by atoms with van der Waals surface area (Å²) in [4.78, 5) is 12.3. The van der Waals surface area contributed by atoms with Crippen molar-refractivity contribution < 1.29 is 35.7 Å². The molecule has 3 heterocycles. The Labute approximate surface area is 233 Å². The van der Waals surface area contributed by atoms with Gasteiger partial charge in [-0.05, 0) is 43.2 Å². The highest BCUT2D eigenvalue weighted by atomic mass is 32.2. The highest BCUT2D eigenvalue weighted by Crippen LogP contribution is 2.52. The summed E-state index contributed by atoms with van der Waals surface area (Å²) in [5, 5.41) is 8.62. The molecule has 1 aromatic rings. The molecule has 222 valence electrons. The molecule has 1 fully saturated rings. The second-order valence-electron chi connectivity index (χ2n) is 13.1. The highest BCUT2D eigenvalue weighted by molar-refractivity contribution is 7.90. The molecule has 0 aromatic carbocycles. The minimum absolute atomic E-state index is 0.00778. The molecule has 1 spiro atoms. The van der Waals surface area contributed by atoms with Crippen LogP contribution in [0.5, 0.6) is 0 Å². The molecule has 0 aliphatic carbocycles. The molecule has 3 rings (SSSR count). The molecule has 2 aliphatic rings. The van der Waals surface area contributed by atoms with Gasteiger partial charge in [0.25, 0.3) is 10.1 Å². The van der Waals surface area contributed by atoms with Crippen LogP contribution >= 0.6 is 0 Å². The lowest BCUT2D eigenvalue weighted by atomic mass is 9.89. The summed E-state index contributed by atoms with van der Waals surface area (Å²) in [5.41, 5.74) is 4.69. The van der Waals surface area contributed by atoms with E-state index in [0.29, 0.717) is 0 Å². The Balaban J connectivity index is 2.15. The first kappa shape index (κ1) is 31.9. The molecule has 2 N–H and O–H groups in total. The van der Waals surface area contributed by atoms with Crippen molar-refractivity contribution in [1.82, 2.24) is 15.0 Å². The number of esters is 1. The number of carbonyl (C=O) groups excluding carboxylic acids is 1. The summed E-state index contributed by atoms with van der Waals surface area (Å²) < 4.78 is 57.6. The van der Waals surface area contributed by atoms with Crippen LogP contribution in [0, 0.1) is 0 Å². The van der Waals surface area contributed by atoms with Gasteiger partial charge in [0.15, 0.2) is 34.2 Å². The first-order valence-electron chi connectivity index (χ1n) is 13.1. The van der Waals surface area contributed by atoms with Gasteiger partial charge in [-0.25, -0.2) is 13.7 Å². The van der Waals surface area contributed by atoms with Crippen LogP contribution in [0.4, 0.5) is 0 Å². The number of aromatic nitrogens is 3. The van der Waals surface area contributed by atoms with Crippen LogP contribution < -0.4 is 5.73 Å². The zero-order valence-corrected chi connectivity index (χ0v) is 27.7. The third kappa shape index (κ3) is 6.04. The molecule has 1 aromatic heterocycles. The maximum atomic E-state index is 12.8. The van der Waals surface area contributed by atoms with E-state index in [9.17, 15) is 13.2 Å². The van der Waals surface area contributed by atoms with E-state index in [1.165, 1.54) is 10.9 Å². The molecule has 2 aliphatic heterocycles. The van der Waals surface area contributed by atoms with Crippen LogP contribution in [-0.4, -0.2) is 77.0 Å². The van der Waals surface area contributed by atoms with Gasteiger partial charge in [0.05, 0.1) is 30.5 Å². The average molecular weight is 605 g/mol. The van der Waals surface area contributed by atoms with Gasteiger partial charge in [0.1, 0.15) is 12.2 Å². The van der Waals surface area contributed by atoms with Crippen molar-refractivity contribution in [3.05, 3.63) is 23.0 Å². The number of ether oxygens (including phenoxy) is 2. The van der Waals surface area contributed by atoms with Crippen molar-refractivity contribution in [3.63, 3.8) is 0 Å². The van der Waals surface area contributed by atoms with E-state index in [2.05, 4.69) is 64.9 Å². The first-order chi connectivity index (χ1) is 17.6. The Kier molecular flexibility index (Phi) is 8.45. The van der Waals surface area contributed by atoms with E-state index in [-0.39, 0.29) is 34.7 Å². The van der Waals surface area contributed by atoms with E-state index >= 15 is 0 Å². The molecule has 0 amide bonds. The third-order valence-corrected chi connectivity index (χ3v) is 18.3. The van der Waals surface area contributed by atoms with E-state index in [1.807, 2.05) is 13.1 Å². The number of nitrogens with zero attached hydrogens (tertiary/aromatic N) is 3. The van der Waals surface area contributed by atoms with E-state index in [0.717, 1.165) is 5.41 Å². The summed E-state index contributed by atoms with van der Waals surface area (Å²) in [5.74, 6) is -0.643. The fourth-order valence-electron chi connectivity index (χ4n) is 3.90. The maximum absolute atomic E-state index is 12.8. The molecule has 15 heteroatoms. The molecule has 39 heavy (non-hydrogen) atoms. The van der Waals surface area contributed by atoms with Crippen molar-refractivity contribution in [3.8, 4) is 0 Å². The first-order valence-corrected chi connectivity index (χ1v) is 20.4. The Bertz CT molecular complexity index is 1220. The topological polar surface area (TPSA) is 154 Å². The zero-order valence-electron chi connectivity index (χ0n) is 24.9. The minimum atomic E-state index is -4.14. The molecule has 0 bridgehead atoms. The van der Waals surface area contributed by atoms with Crippen molar-refractivity contribution >= 4 is 32.7 Å². The molecule has 0 saturated carbocycles. The van der Waals surface area contributed by atoms with Gasteiger partial charge in [-0.1, -0.05) is 46.8 Å². The van der Waals surface area contributed by atoms with Crippen molar-refractivity contribution in [2.45, 2.75) is 109 Å². The van der Waals surface area contributed by atoms with Gasteiger partial charge in [-0.2, -0.15) is 8.42 Å². The molecule has 1 saturated heterocycles. The monoisotopic (exact) mass is 604 g/mol. The van der Waals surface area contributed by atoms with Crippen LogP contribution in [-0.2, 0) is 32.6 Å². The quantitative estimate of drug-likeness (QED) is 0.263. The van der Waals surface area contributed by atoms with Gasteiger partial charge in [-0.3, -0.25) is 0 Å². The number of carbonyl (C=O) groups is 1. The molecule has 0 radical (unpaired) electrons. The summed E-state index contributed by atoms with van der Waals surface area (Å²) in [7, 11) is -9.02. The van der Waals surface area contributed by atoms with Crippen LogP contribution in [0.3, 0.4) is 0 Å². The molecule has 12 nitrogen and oxygen atoms in total. The van der Waals surface area contributed by atoms with Crippen molar-refractivity contribution in [2.75, 3.05) is 13.2 Å². The smallest absolute Gasteiger partial charge is 0.360 e. The fourth-order valence-corrected chi connectivity index (χ4v) is 7.41. The Morgan fingerprint density at radius 2 is 1.72 bits per heavy atom. The Morgan fingerprint density at radius 3 is 2.21 bits per heavy atom. The second-order valence-corrected chi connectivity index (χ2v) is 24.1. The second kappa shape index (κ2) is 10.3.